The van der Waals surface area contributed by atoms with Gasteiger partial charge in [0, 0.05) is 17.6 Å². The van der Waals surface area contributed by atoms with Gasteiger partial charge in [-0.05, 0) is 85.1 Å². The molecular formula is C21H19BrFN3OS. The minimum absolute atomic E-state index is 0.218. The van der Waals surface area contributed by atoms with Crippen molar-refractivity contribution in [2.24, 2.45) is 4.99 Å². The molecule has 0 bridgehead atoms. The fraction of sp³-hybridized carbons (Fsp3) is 0.238. The number of halogens is 2. The molecule has 0 radical (unpaired) electrons. The molecule has 1 amide bonds. The summed E-state index contributed by atoms with van der Waals surface area (Å²) in [7, 11) is 0. The van der Waals surface area contributed by atoms with Crippen molar-refractivity contribution in [3.8, 4) is 0 Å². The predicted molar refractivity (Wildman–Crippen MR) is 118 cm³/mol. The molecule has 0 atom stereocenters. The number of aryl methyl sites for hydroxylation is 1. The number of hydrogen-bond donors (Lipinski definition) is 1. The maximum atomic E-state index is 14.6. The largest absolute Gasteiger partial charge is 0.369 e. The third-order valence-corrected chi connectivity index (χ3v) is 6.22. The monoisotopic (exact) mass is 459 g/mol. The van der Waals surface area contributed by atoms with Crippen LogP contribution in [0.4, 0.5) is 15.8 Å². The first kappa shape index (κ1) is 19.2. The van der Waals surface area contributed by atoms with Gasteiger partial charge in [-0.25, -0.2) is 9.38 Å². The number of anilines is 1. The maximum Gasteiger partial charge on any atom is 0.264 e. The van der Waals surface area contributed by atoms with E-state index in [0.717, 1.165) is 41.7 Å². The van der Waals surface area contributed by atoms with Crippen LogP contribution in [0.2, 0.25) is 0 Å². The number of rotatable bonds is 3. The number of nitrogens with zero attached hydrogens (tertiary/aromatic N) is 2. The van der Waals surface area contributed by atoms with Gasteiger partial charge in [0.05, 0.1) is 16.3 Å². The minimum atomic E-state index is -0.244. The zero-order valence-electron chi connectivity index (χ0n) is 15.3. The topological polar surface area (TPSA) is 44.7 Å². The lowest BCUT2D eigenvalue weighted by molar-refractivity contribution is -0.115. The van der Waals surface area contributed by atoms with Gasteiger partial charge in [0.15, 0.2) is 5.17 Å². The molecule has 0 aliphatic carbocycles. The van der Waals surface area contributed by atoms with Crippen LogP contribution in [-0.2, 0) is 4.79 Å². The molecule has 2 aliphatic heterocycles. The van der Waals surface area contributed by atoms with Gasteiger partial charge in [-0.3, -0.25) is 4.79 Å². The Hall–Kier alpha value is -2.12. The Morgan fingerprint density at radius 1 is 1.21 bits per heavy atom. The summed E-state index contributed by atoms with van der Waals surface area (Å²) in [5.41, 5.74) is 3.06. The first-order chi connectivity index (χ1) is 13.5. The van der Waals surface area contributed by atoms with E-state index in [-0.39, 0.29) is 11.7 Å². The molecule has 0 aromatic heterocycles. The van der Waals surface area contributed by atoms with Crippen molar-refractivity contribution in [2.45, 2.75) is 19.8 Å². The molecule has 0 unspecified atom stereocenters. The quantitative estimate of drug-likeness (QED) is 0.625. The van der Waals surface area contributed by atoms with Crippen LogP contribution in [0.5, 0.6) is 0 Å². The van der Waals surface area contributed by atoms with Crippen molar-refractivity contribution < 1.29 is 9.18 Å². The lowest BCUT2D eigenvalue weighted by atomic mass is 10.1. The SMILES string of the molecule is Cc1cc(N2CCCC2)c(F)cc1/C=C1\SC(=Nc2ccc(Br)cc2)NC1=O. The van der Waals surface area contributed by atoms with Crippen molar-refractivity contribution in [1.29, 1.82) is 0 Å². The number of carbonyl (C=O) groups is 1. The summed E-state index contributed by atoms with van der Waals surface area (Å²) < 4.78 is 15.6. The van der Waals surface area contributed by atoms with Gasteiger partial charge < -0.3 is 10.2 Å². The van der Waals surface area contributed by atoms with Crippen LogP contribution < -0.4 is 10.2 Å². The highest BCUT2D eigenvalue weighted by atomic mass is 79.9. The van der Waals surface area contributed by atoms with E-state index in [1.54, 1.807) is 6.08 Å². The summed E-state index contributed by atoms with van der Waals surface area (Å²) in [6.45, 7) is 3.73. The molecule has 4 rings (SSSR count). The van der Waals surface area contributed by atoms with Crippen LogP contribution in [0, 0.1) is 12.7 Å². The second-order valence-corrected chi connectivity index (χ2v) is 8.76. The molecule has 4 nitrogen and oxygen atoms in total. The molecule has 2 aromatic rings. The zero-order valence-corrected chi connectivity index (χ0v) is 17.7. The minimum Gasteiger partial charge on any atom is -0.369 e. The van der Waals surface area contributed by atoms with Gasteiger partial charge in [-0.15, -0.1) is 0 Å². The number of carbonyl (C=O) groups excluding carboxylic acids is 1. The van der Waals surface area contributed by atoms with Crippen LogP contribution in [0.15, 0.2) is 50.8 Å². The van der Waals surface area contributed by atoms with Gasteiger partial charge in [-0.2, -0.15) is 0 Å². The van der Waals surface area contributed by atoms with Crippen molar-refractivity contribution in [2.75, 3.05) is 18.0 Å². The van der Waals surface area contributed by atoms with E-state index < -0.39 is 0 Å². The molecule has 2 aliphatic rings. The van der Waals surface area contributed by atoms with Crippen LogP contribution in [0.3, 0.4) is 0 Å². The second kappa shape index (κ2) is 8.09. The van der Waals surface area contributed by atoms with Crippen LogP contribution >= 0.6 is 27.7 Å². The van der Waals surface area contributed by atoms with Crippen molar-refractivity contribution in [3.05, 3.63) is 62.7 Å². The molecule has 7 heteroatoms. The summed E-state index contributed by atoms with van der Waals surface area (Å²) in [5, 5.41) is 3.29. The van der Waals surface area contributed by atoms with E-state index in [0.29, 0.717) is 21.3 Å². The Labute approximate surface area is 176 Å². The maximum absolute atomic E-state index is 14.6. The Balaban J connectivity index is 1.57. The number of benzene rings is 2. The highest BCUT2D eigenvalue weighted by molar-refractivity contribution is 9.10. The standard InChI is InChI=1S/C21H19BrFN3OS/c1-13-10-18(26-8-2-3-9-26)17(23)11-14(13)12-19-20(27)25-21(28-19)24-16-6-4-15(22)5-7-16/h4-7,10-12H,2-3,8-9H2,1H3,(H,24,25,27)/b19-12-. The Bertz CT molecular complexity index is 982. The molecule has 28 heavy (non-hydrogen) atoms. The van der Waals surface area contributed by atoms with Gasteiger partial charge >= 0.3 is 0 Å². The van der Waals surface area contributed by atoms with Gasteiger partial charge in [-0.1, -0.05) is 15.9 Å². The van der Waals surface area contributed by atoms with Crippen molar-refractivity contribution >= 4 is 56.2 Å². The first-order valence-electron chi connectivity index (χ1n) is 9.10. The Morgan fingerprint density at radius 3 is 2.64 bits per heavy atom. The molecule has 0 spiro atoms. The van der Waals surface area contributed by atoms with Crippen LogP contribution in [0.25, 0.3) is 6.08 Å². The zero-order chi connectivity index (χ0) is 19.7. The fourth-order valence-corrected chi connectivity index (χ4v) is 4.39. The number of thioether (sulfide) groups is 1. The van der Waals surface area contributed by atoms with Crippen molar-refractivity contribution in [1.82, 2.24) is 5.32 Å². The number of aliphatic imine (C=N–C) groups is 1. The van der Waals surface area contributed by atoms with E-state index >= 15 is 0 Å². The third kappa shape index (κ3) is 4.15. The summed E-state index contributed by atoms with van der Waals surface area (Å²) in [5.74, 6) is -0.462. The summed E-state index contributed by atoms with van der Waals surface area (Å²) in [6.07, 6.45) is 3.93. The highest BCUT2D eigenvalue weighted by Crippen LogP contribution is 2.32. The van der Waals surface area contributed by atoms with Gasteiger partial charge in [0.25, 0.3) is 5.91 Å². The lowest BCUT2D eigenvalue weighted by Gasteiger charge is -2.19. The number of amidine groups is 1. The molecule has 2 heterocycles. The summed E-state index contributed by atoms with van der Waals surface area (Å²) in [4.78, 5) is 19.4. The normalized spacial score (nSPS) is 19.7. The molecule has 2 saturated heterocycles. The van der Waals surface area contributed by atoms with E-state index in [4.69, 9.17) is 0 Å². The van der Waals surface area contributed by atoms with E-state index in [9.17, 15) is 9.18 Å². The average molecular weight is 460 g/mol. The highest BCUT2D eigenvalue weighted by Gasteiger charge is 2.24. The van der Waals surface area contributed by atoms with Gasteiger partial charge in [0.2, 0.25) is 0 Å². The molecule has 0 saturated carbocycles. The molecule has 2 aromatic carbocycles. The Kier molecular flexibility index (Phi) is 5.55. The fourth-order valence-electron chi connectivity index (χ4n) is 3.29. The van der Waals surface area contributed by atoms with Gasteiger partial charge in [0.1, 0.15) is 5.82 Å². The first-order valence-corrected chi connectivity index (χ1v) is 10.7. The summed E-state index contributed by atoms with van der Waals surface area (Å²) >= 11 is 4.65. The molecule has 1 N–H and O–H groups in total. The smallest absolute Gasteiger partial charge is 0.264 e. The molecular weight excluding hydrogens is 441 g/mol. The second-order valence-electron chi connectivity index (χ2n) is 6.81. The molecule has 144 valence electrons. The third-order valence-electron chi connectivity index (χ3n) is 4.78. The number of nitrogens with one attached hydrogen (secondary N) is 1. The van der Waals surface area contributed by atoms with Crippen LogP contribution in [-0.4, -0.2) is 24.2 Å². The number of amides is 1. The lowest BCUT2D eigenvalue weighted by Crippen LogP contribution is -2.19. The Morgan fingerprint density at radius 2 is 1.93 bits per heavy atom. The predicted octanol–water partition coefficient (Wildman–Crippen LogP) is 5.39. The number of hydrogen-bond acceptors (Lipinski definition) is 4. The summed E-state index contributed by atoms with van der Waals surface area (Å²) in [6, 6.07) is 10.9. The van der Waals surface area contributed by atoms with E-state index in [1.165, 1.54) is 17.8 Å². The molecule has 2 fully saturated rings. The van der Waals surface area contributed by atoms with Crippen LogP contribution in [0.1, 0.15) is 24.0 Å². The van der Waals surface area contributed by atoms with E-state index in [1.807, 2.05) is 37.3 Å². The average Bonchev–Trinajstić information content (AvgIpc) is 3.30. The van der Waals surface area contributed by atoms with Crippen molar-refractivity contribution in [3.63, 3.8) is 0 Å². The van der Waals surface area contributed by atoms with E-state index in [2.05, 4.69) is 31.1 Å².